The van der Waals surface area contributed by atoms with Gasteiger partial charge in [0, 0.05) is 51.5 Å². The average molecular weight is 476 g/mol. The summed E-state index contributed by atoms with van der Waals surface area (Å²) >= 11 is 0. The Morgan fingerprint density at radius 3 is 2.53 bits per heavy atom. The number of urea groups is 2. The minimum atomic E-state index is -0.751. The van der Waals surface area contributed by atoms with E-state index in [-0.39, 0.29) is 24.7 Å². The van der Waals surface area contributed by atoms with E-state index in [0.717, 1.165) is 6.42 Å². The average Bonchev–Trinajstić information content (AvgIpc) is 3.02. The van der Waals surface area contributed by atoms with Gasteiger partial charge in [0.05, 0.1) is 18.2 Å². The third-order valence-corrected chi connectivity index (χ3v) is 5.94. The van der Waals surface area contributed by atoms with Crippen molar-refractivity contribution in [3.63, 3.8) is 0 Å². The zero-order chi connectivity index (χ0) is 24.8. The number of hydrogen-bond acceptors (Lipinski definition) is 5. The van der Waals surface area contributed by atoms with Crippen molar-refractivity contribution in [1.82, 2.24) is 25.3 Å². The standard InChI is InChI=1S/C24H34FN5O4/c1-5-34-22(31)20-19(15-29-11-6-12-30(14-13-29)24(33)26-16(2)3)28(4)23(32)27-21(20)17-7-9-18(25)10-8-17/h7-10,16,21H,5-6,11-15H2,1-4H3,(H,26,33)(H,27,32)/t21-/m0/s1. The van der Waals surface area contributed by atoms with E-state index in [1.165, 1.54) is 17.0 Å². The molecule has 1 aromatic carbocycles. The van der Waals surface area contributed by atoms with Crippen molar-refractivity contribution >= 4 is 18.0 Å². The molecule has 9 nitrogen and oxygen atoms in total. The number of carbonyl (C=O) groups excluding carboxylic acids is 3. The van der Waals surface area contributed by atoms with Crippen LogP contribution in [0.25, 0.3) is 0 Å². The second kappa shape index (κ2) is 11.3. The van der Waals surface area contributed by atoms with Gasteiger partial charge in [0.1, 0.15) is 5.82 Å². The van der Waals surface area contributed by atoms with E-state index in [0.29, 0.717) is 49.6 Å². The van der Waals surface area contributed by atoms with Crippen LogP contribution in [-0.2, 0) is 9.53 Å². The second-order valence-electron chi connectivity index (χ2n) is 8.79. The summed E-state index contributed by atoms with van der Waals surface area (Å²) in [5.41, 5.74) is 1.46. The van der Waals surface area contributed by atoms with Crippen LogP contribution in [0.5, 0.6) is 0 Å². The predicted octanol–water partition coefficient (Wildman–Crippen LogP) is 2.46. The molecular formula is C24H34FN5O4. The fourth-order valence-electron chi connectivity index (χ4n) is 4.19. The Balaban J connectivity index is 1.89. The van der Waals surface area contributed by atoms with Gasteiger partial charge in [-0.3, -0.25) is 9.80 Å². The van der Waals surface area contributed by atoms with Crippen LogP contribution in [0.2, 0.25) is 0 Å². The van der Waals surface area contributed by atoms with E-state index in [1.54, 1.807) is 31.0 Å². The third-order valence-electron chi connectivity index (χ3n) is 5.94. The maximum atomic E-state index is 13.5. The molecule has 2 heterocycles. The van der Waals surface area contributed by atoms with Crippen LogP contribution in [-0.4, -0.2) is 85.2 Å². The first kappa shape index (κ1) is 25.5. The van der Waals surface area contributed by atoms with Gasteiger partial charge in [-0.2, -0.15) is 0 Å². The monoisotopic (exact) mass is 475 g/mol. The molecule has 2 N–H and O–H groups in total. The Morgan fingerprint density at radius 2 is 1.88 bits per heavy atom. The van der Waals surface area contributed by atoms with Crippen LogP contribution in [0, 0.1) is 5.82 Å². The van der Waals surface area contributed by atoms with E-state index in [2.05, 4.69) is 15.5 Å². The van der Waals surface area contributed by atoms with Gasteiger partial charge >= 0.3 is 18.0 Å². The number of carbonyl (C=O) groups is 3. The number of nitrogens with zero attached hydrogens (tertiary/aromatic N) is 3. The molecule has 0 saturated carbocycles. The Kier molecular flexibility index (Phi) is 8.49. The highest BCUT2D eigenvalue weighted by Crippen LogP contribution is 2.31. The SMILES string of the molecule is CCOC(=O)C1=C(CN2CCCN(C(=O)NC(C)C)CC2)N(C)C(=O)N[C@H]1c1ccc(F)cc1. The molecule has 0 radical (unpaired) electrons. The molecule has 1 fully saturated rings. The lowest BCUT2D eigenvalue weighted by Gasteiger charge is -2.36. The van der Waals surface area contributed by atoms with E-state index in [4.69, 9.17) is 4.74 Å². The van der Waals surface area contributed by atoms with Crippen molar-refractivity contribution in [2.24, 2.45) is 0 Å². The molecule has 0 aromatic heterocycles. The van der Waals surface area contributed by atoms with Crippen LogP contribution in [0.1, 0.15) is 38.8 Å². The van der Waals surface area contributed by atoms with Gasteiger partial charge in [0.15, 0.2) is 0 Å². The minimum absolute atomic E-state index is 0.0574. The molecule has 2 aliphatic heterocycles. The van der Waals surface area contributed by atoms with Crippen molar-refractivity contribution in [2.75, 3.05) is 46.4 Å². The molecule has 10 heteroatoms. The number of esters is 1. The minimum Gasteiger partial charge on any atom is -0.463 e. The molecule has 0 bridgehead atoms. The molecule has 34 heavy (non-hydrogen) atoms. The summed E-state index contributed by atoms with van der Waals surface area (Å²) in [5, 5.41) is 5.76. The number of hydrogen-bond donors (Lipinski definition) is 2. The summed E-state index contributed by atoms with van der Waals surface area (Å²) in [7, 11) is 1.62. The summed E-state index contributed by atoms with van der Waals surface area (Å²) in [6.45, 7) is 8.58. The lowest BCUT2D eigenvalue weighted by atomic mass is 9.94. The number of nitrogens with one attached hydrogen (secondary N) is 2. The fraction of sp³-hybridized carbons (Fsp3) is 0.542. The van der Waals surface area contributed by atoms with Crippen LogP contribution in [0.4, 0.5) is 14.0 Å². The number of halogens is 1. The summed E-state index contributed by atoms with van der Waals surface area (Å²) in [4.78, 5) is 43.6. The quantitative estimate of drug-likeness (QED) is 0.617. The molecular weight excluding hydrogens is 441 g/mol. The van der Waals surface area contributed by atoms with Crippen molar-refractivity contribution in [1.29, 1.82) is 0 Å². The normalized spacial score (nSPS) is 19.7. The maximum absolute atomic E-state index is 13.5. The smallest absolute Gasteiger partial charge is 0.338 e. The third kappa shape index (κ3) is 6.05. The zero-order valence-electron chi connectivity index (χ0n) is 20.3. The van der Waals surface area contributed by atoms with Crippen molar-refractivity contribution in [2.45, 2.75) is 39.3 Å². The van der Waals surface area contributed by atoms with Gasteiger partial charge in [-0.05, 0) is 44.9 Å². The summed E-state index contributed by atoms with van der Waals surface area (Å²) < 4.78 is 18.9. The zero-order valence-corrected chi connectivity index (χ0v) is 20.3. The molecule has 0 unspecified atom stereocenters. The van der Waals surface area contributed by atoms with Gasteiger partial charge in [-0.15, -0.1) is 0 Å². The molecule has 4 amide bonds. The van der Waals surface area contributed by atoms with Crippen molar-refractivity contribution in [3.8, 4) is 0 Å². The van der Waals surface area contributed by atoms with Gasteiger partial charge in [-0.25, -0.2) is 18.8 Å². The van der Waals surface area contributed by atoms with Crippen LogP contribution in [0.15, 0.2) is 35.5 Å². The fourth-order valence-corrected chi connectivity index (χ4v) is 4.19. The topological polar surface area (TPSA) is 94.2 Å². The molecule has 0 spiro atoms. The molecule has 1 saturated heterocycles. The summed E-state index contributed by atoms with van der Waals surface area (Å²) in [6.07, 6.45) is 0.769. The first-order valence-electron chi connectivity index (χ1n) is 11.7. The summed E-state index contributed by atoms with van der Waals surface area (Å²) in [5.74, 6) is -0.924. The highest BCUT2D eigenvalue weighted by atomic mass is 19.1. The lowest BCUT2D eigenvalue weighted by molar-refractivity contribution is -0.139. The number of ether oxygens (including phenoxy) is 1. The molecule has 1 aromatic rings. The Hall–Kier alpha value is -3.14. The van der Waals surface area contributed by atoms with Gasteiger partial charge in [0.25, 0.3) is 0 Å². The molecule has 0 aliphatic carbocycles. The molecule has 2 aliphatic rings. The number of amides is 4. The van der Waals surface area contributed by atoms with E-state index in [9.17, 15) is 18.8 Å². The van der Waals surface area contributed by atoms with Crippen LogP contribution < -0.4 is 10.6 Å². The maximum Gasteiger partial charge on any atom is 0.338 e. The second-order valence-corrected chi connectivity index (χ2v) is 8.79. The molecule has 186 valence electrons. The van der Waals surface area contributed by atoms with Crippen molar-refractivity contribution < 1.29 is 23.5 Å². The predicted molar refractivity (Wildman–Crippen MR) is 125 cm³/mol. The molecule has 1 atom stereocenters. The van der Waals surface area contributed by atoms with Crippen molar-refractivity contribution in [3.05, 3.63) is 46.9 Å². The number of likely N-dealkylation sites (N-methyl/N-ethyl adjacent to an activating group) is 1. The van der Waals surface area contributed by atoms with E-state index in [1.807, 2.05) is 13.8 Å². The number of benzene rings is 1. The Morgan fingerprint density at radius 1 is 1.18 bits per heavy atom. The van der Waals surface area contributed by atoms with E-state index < -0.39 is 17.8 Å². The molecule has 3 rings (SSSR count). The first-order valence-corrected chi connectivity index (χ1v) is 11.7. The van der Waals surface area contributed by atoms with Gasteiger partial charge in [0.2, 0.25) is 0 Å². The summed E-state index contributed by atoms with van der Waals surface area (Å²) in [6, 6.07) is 4.57. The van der Waals surface area contributed by atoms with Gasteiger partial charge < -0.3 is 20.3 Å². The largest absolute Gasteiger partial charge is 0.463 e. The van der Waals surface area contributed by atoms with Crippen LogP contribution >= 0.6 is 0 Å². The Bertz CT molecular complexity index is 934. The highest BCUT2D eigenvalue weighted by molar-refractivity contribution is 5.95. The first-order chi connectivity index (χ1) is 16.2. The Labute approximate surface area is 199 Å². The highest BCUT2D eigenvalue weighted by Gasteiger charge is 2.37. The van der Waals surface area contributed by atoms with E-state index >= 15 is 0 Å². The number of rotatable bonds is 6. The van der Waals surface area contributed by atoms with Crippen LogP contribution in [0.3, 0.4) is 0 Å². The van der Waals surface area contributed by atoms with Gasteiger partial charge in [-0.1, -0.05) is 12.1 Å². The lowest BCUT2D eigenvalue weighted by Crippen LogP contribution is -2.49.